The zero-order valence-electron chi connectivity index (χ0n) is 13.3. The van der Waals surface area contributed by atoms with Crippen molar-refractivity contribution in [2.45, 2.75) is 32.7 Å². The van der Waals surface area contributed by atoms with Crippen LogP contribution in [0.4, 0.5) is 0 Å². The molecule has 0 aromatic carbocycles. The van der Waals surface area contributed by atoms with Crippen molar-refractivity contribution in [3.63, 3.8) is 0 Å². The highest BCUT2D eigenvalue weighted by molar-refractivity contribution is 6.04. The zero-order chi connectivity index (χ0) is 16.5. The van der Waals surface area contributed by atoms with E-state index in [1.807, 2.05) is 13.0 Å². The van der Waals surface area contributed by atoms with Crippen LogP contribution in [0.15, 0.2) is 36.2 Å². The molecule has 1 atom stereocenters. The number of Topliss-reactive ketones (excluding diaryl/α,β-unsaturated/α-hetero) is 1. The Kier molecular flexibility index (Phi) is 3.89. The van der Waals surface area contributed by atoms with Crippen LogP contribution >= 0.6 is 0 Å². The lowest BCUT2D eigenvalue weighted by Crippen LogP contribution is -2.52. The topological polar surface area (TPSA) is 74.1 Å². The fourth-order valence-corrected chi connectivity index (χ4v) is 2.98. The van der Waals surface area contributed by atoms with Crippen molar-refractivity contribution in [2.75, 3.05) is 7.05 Å². The molecular formula is C17H19N3O2. The number of hydrogen-bond donors (Lipinski definition) is 0. The normalized spacial score (nSPS) is 23.4. The Bertz CT molecular complexity index is 686. The summed E-state index contributed by atoms with van der Waals surface area (Å²) in [6.07, 6.45) is 5.19. The van der Waals surface area contributed by atoms with Crippen LogP contribution < -0.4 is 0 Å². The number of allylic oxidation sites excluding steroid dienone is 1. The molecule has 0 fully saturated rings. The zero-order valence-corrected chi connectivity index (χ0v) is 13.3. The molecule has 2 rings (SSSR count). The molecule has 0 spiro atoms. The molecule has 1 heterocycles. The van der Waals surface area contributed by atoms with Crippen LogP contribution in [-0.4, -0.2) is 34.2 Å². The van der Waals surface area contributed by atoms with Crippen LogP contribution in [0.3, 0.4) is 0 Å². The van der Waals surface area contributed by atoms with E-state index in [0.717, 1.165) is 0 Å². The summed E-state index contributed by atoms with van der Waals surface area (Å²) in [6, 6.07) is 5.36. The maximum Gasteiger partial charge on any atom is 0.255 e. The van der Waals surface area contributed by atoms with Gasteiger partial charge in [0.2, 0.25) is 0 Å². The molecule has 0 saturated carbocycles. The highest BCUT2D eigenvalue weighted by Crippen LogP contribution is 2.40. The molecule has 1 amide bonds. The number of amides is 1. The number of nitrogens with zero attached hydrogens (tertiary/aromatic N) is 3. The Morgan fingerprint density at radius 2 is 2.09 bits per heavy atom. The number of hydrogen-bond acceptors (Lipinski definition) is 4. The van der Waals surface area contributed by atoms with Gasteiger partial charge in [-0.3, -0.25) is 14.6 Å². The molecule has 0 N–H and O–H groups in total. The van der Waals surface area contributed by atoms with Gasteiger partial charge in [-0.25, -0.2) is 0 Å². The van der Waals surface area contributed by atoms with Crippen molar-refractivity contribution < 1.29 is 9.59 Å². The van der Waals surface area contributed by atoms with E-state index in [1.54, 1.807) is 50.2 Å². The minimum atomic E-state index is -0.699. The summed E-state index contributed by atoms with van der Waals surface area (Å²) in [6.45, 7) is 5.48. The largest absolute Gasteiger partial charge is 0.333 e. The number of ketones is 1. The van der Waals surface area contributed by atoms with Crippen molar-refractivity contribution in [2.24, 2.45) is 5.41 Å². The van der Waals surface area contributed by atoms with Gasteiger partial charge in [0.1, 0.15) is 6.07 Å². The van der Waals surface area contributed by atoms with Crippen LogP contribution in [0.5, 0.6) is 0 Å². The van der Waals surface area contributed by atoms with Crippen molar-refractivity contribution in [1.29, 1.82) is 5.26 Å². The molecule has 5 nitrogen and oxygen atoms in total. The fraction of sp³-hybridized carbons (Fsp3) is 0.412. The second-order valence-electron chi connectivity index (χ2n) is 6.52. The summed E-state index contributed by atoms with van der Waals surface area (Å²) in [5.41, 5.74) is -0.787. The number of likely N-dealkylation sites (N-methyl/N-ethyl adjacent to an activating group) is 1. The van der Waals surface area contributed by atoms with E-state index in [4.69, 9.17) is 0 Å². The lowest BCUT2D eigenvalue weighted by atomic mass is 9.68. The number of nitriles is 1. The van der Waals surface area contributed by atoms with Gasteiger partial charge in [-0.05, 0) is 31.6 Å². The third-order valence-corrected chi connectivity index (χ3v) is 4.21. The third-order valence-electron chi connectivity index (χ3n) is 4.21. The summed E-state index contributed by atoms with van der Waals surface area (Å²) in [7, 11) is 1.69. The average Bonchev–Trinajstić information content (AvgIpc) is 2.50. The molecule has 1 aromatic heterocycles. The second-order valence-corrected chi connectivity index (χ2v) is 6.52. The van der Waals surface area contributed by atoms with Gasteiger partial charge in [-0.15, -0.1) is 0 Å². The predicted octanol–water partition coefficient (Wildman–Crippen LogP) is 2.36. The number of carbonyl (C=O) groups excluding carboxylic acids is 2. The van der Waals surface area contributed by atoms with E-state index in [9.17, 15) is 14.9 Å². The lowest BCUT2D eigenvalue weighted by molar-refractivity contribution is -0.125. The molecule has 1 aliphatic carbocycles. The molecule has 0 radical (unpaired) electrons. The molecule has 0 aliphatic heterocycles. The molecule has 22 heavy (non-hydrogen) atoms. The standard InChI is InChI=1S/C17H19N3O2/c1-16(2)11-17(3,8-13(9-18)14(16)21)20(4)15(22)12-6-5-7-19-10-12/h5-8,10H,11H2,1-4H3. The molecular weight excluding hydrogens is 278 g/mol. The number of carbonyl (C=O) groups is 2. The van der Waals surface area contributed by atoms with E-state index < -0.39 is 11.0 Å². The summed E-state index contributed by atoms with van der Waals surface area (Å²) in [5.74, 6) is -0.357. The maximum absolute atomic E-state index is 12.6. The first-order chi connectivity index (χ1) is 10.2. The Morgan fingerprint density at radius 1 is 1.41 bits per heavy atom. The first-order valence-corrected chi connectivity index (χ1v) is 7.07. The number of pyridine rings is 1. The highest BCUT2D eigenvalue weighted by Gasteiger charge is 2.45. The summed E-state index contributed by atoms with van der Waals surface area (Å²) >= 11 is 0. The van der Waals surface area contributed by atoms with Gasteiger partial charge in [0.05, 0.1) is 16.7 Å². The highest BCUT2D eigenvalue weighted by atomic mass is 16.2. The number of rotatable bonds is 2. The predicted molar refractivity (Wildman–Crippen MR) is 81.8 cm³/mol. The number of aromatic nitrogens is 1. The molecule has 0 saturated heterocycles. The van der Waals surface area contributed by atoms with Crippen LogP contribution in [-0.2, 0) is 4.79 Å². The van der Waals surface area contributed by atoms with Gasteiger partial charge in [-0.2, -0.15) is 5.26 Å². The maximum atomic E-state index is 12.6. The average molecular weight is 297 g/mol. The first-order valence-electron chi connectivity index (χ1n) is 7.07. The van der Waals surface area contributed by atoms with E-state index in [1.165, 1.54) is 6.20 Å². The van der Waals surface area contributed by atoms with Gasteiger partial charge < -0.3 is 4.90 Å². The van der Waals surface area contributed by atoms with E-state index >= 15 is 0 Å². The van der Waals surface area contributed by atoms with Gasteiger partial charge in [0, 0.05) is 24.9 Å². The van der Waals surface area contributed by atoms with Crippen LogP contribution in [0.2, 0.25) is 0 Å². The molecule has 0 bridgehead atoms. The molecule has 1 aliphatic rings. The smallest absolute Gasteiger partial charge is 0.255 e. The van der Waals surface area contributed by atoms with Crippen molar-refractivity contribution >= 4 is 11.7 Å². The molecule has 5 heteroatoms. The summed E-state index contributed by atoms with van der Waals surface area (Å²) in [5, 5.41) is 9.21. The van der Waals surface area contributed by atoms with Crippen molar-refractivity contribution in [1.82, 2.24) is 9.88 Å². The monoisotopic (exact) mass is 297 g/mol. The molecule has 1 unspecified atom stereocenters. The third kappa shape index (κ3) is 2.64. The van der Waals surface area contributed by atoms with Crippen LogP contribution in [0.1, 0.15) is 37.6 Å². The van der Waals surface area contributed by atoms with E-state index in [0.29, 0.717) is 12.0 Å². The van der Waals surface area contributed by atoms with E-state index in [-0.39, 0.29) is 17.3 Å². The molecule has 114 valence electrons. The van der Waals surface area contributed by atoms with Gasteiger partial charge in [0.25, 0.3) is 5.91 Å². The lowest BCUT2D eigenvalue weighted by Gasteiger charge is -2.44. The van der Waals surface area contributed by atoms with Crippen molar-refractivity contribution in [3.8, 4) is 6.07 Å². The van der Waals surface area contributed by atoms with Gasteiger partial charge in [0.15, 0.2) is 5.78 Å². The van der Waals surface area contributed by atoms with Crippen LogP contribution in [0.25, 0.3) is 0 Å². The quantitative estimate of drug-likeness (QED) is 0.840. The second kappa shape index (κ2) is 5.38. The Balaban J connectivity index is 2.42. The summed E-state index contributed by atoms with van der Waals surface area (Å²) in [4.78, 5) is 30.4. The summed E-state index contributed by atoms with van der Waals surface area (Å²) < 4.78 is 0. The first kappa shape index (κ1) is 15.9. The van der Waals surface area contributed by atoms with Crippen LogP contribution in [0, 0.1) is 16.7 Å². The fourth-order valence-electron chi connectivity index (χ4n) is 2.98. The van der Waals surface area contributed by atoms with Crippen molar-refractivity contribution in [3.05, 3.63) is 41.7 Å². The SMILES string of the molecule is CN(C(=O)c1cccnc1)C1(C)C=C(C#N)C(=O)C(C)(C)C1. The van der Waals surface area contributed by atoms with Gasteiger partial charge in [-0.1, -0.05) is 13.8 Å². The van der Waals surface area contributed by atoms with E-state index in [2.05, 4.69) is 4.98 Å². The Labute approximate surface area is 130 Å². The minimum absolute atomic E-state index is 0.115. The minimum Gasteiger partial charge on any atom is -0.333 e. The molecule has 1 aromatic rings. The Morgan fingerprint density at radius 3 is 2.64 bits per heavy atom. The Hall–Kier alpha value is -2.48. The van der Waals surface area contributed by atoms with Gasteiger partial charge >= 0.3 is 0 Å².